The number of nitrogens with zero attached hydrogens (tertiary/aromatic N) is 12. The van der Waals surface area contributed by atoms with Crippen molar-refractivity contribution in [3.05, 3.63) is 59.1 Å². The lowest BCUT2D eigenvalue weighted by Crippen LogP contribution is -2.50. The van der Waals surface area contributed by atoms with Crippen LogP contribution in [-0.4, -0.2) is 121 Å². The molecule has 3 amide bonds. The van der Waals surface area contributed by atoms with E-state index in [1.807, 2.05) is 41.3 Å². The van der Waals surface area contributed by atoms with Gasteiger partial charge >= 0.3 is 6.09 Å². The van der Waals surface area contributed by atoms with E-state index in [1.54, 1.807) is 39.5 Å². The van der Waals surface area contributed by atoms with Crippen molar-refractivity contribution in [1.29, 1.82) is 0 Å². The molecule has 8 heterocycles. The Kier molecular flexibility index (Phi) is 15.8. The first-order valence-corrected chi connectivity index (χ1v) is 27.6. The number of alkyl carbamates (subject to hydrolysis) is 1. The number of nitrogens with one attached hydrogen (secondary N) is 1. The van der Waals surface area contributed by atoms with Crippen molar-refractivity contribution in [2.75, 3.05) is 37.6 Å². The van der Waals surface area contributed by atoms with Gasteiger partial charge in [-0.15, -0.1) is 22.7 Å². The summed E-state index contributed by atoms with van der Waals surface area (Å²) in [6.45, 7) is 12.7. The quantitative estimate of drug-likeness (QED) is 0.0947. The zero-order chi connectivity index (χ0) is 51.7. The summed E-state index contributed by atoms with van der Waals surface area (Å²) >= 11 is 18.7. The Labute approximate surface area is 446 Å². The fraction of sp³-hybridized carbons (Fsp3) is 0.426. The SMILES string of the molecule is C[C@@H](N)C(=O)N1CCC(Cn2c(Sc3nc4cccc(Cl)c4s3)nc3c(N)ncnc32)CC1.C[C@@H](NC(=O)OC(C)(C)C)C(=O)N1CCC(Cn2c(Sc3nc4cccc(Cl)c4s3)nc3c(N)ncnc32)CC1. The lowest BCUT2D eigenvalue weighted by atomic mass is 9.96. The molecule has 10 rings (SSSR count). The molecule has 0 unspecified atom stereocenters. The van der Waals surface area contributed by atoms with Crippen LogP contribution in [0.1, 0.15) is 60.3 Å². The van der Waals surface area contributed by atoms with Crippen LogP contribution >= 0.6 is 69.4 Å². The minimum absolute atomic E-state index is 0.00721. The zero-order valence-electron chi connectivity index (χ0n) is 40.6. The van der Waals surface area contributed by atoms with Crippen molar-refractivity contribution < 1.29 is 19.1 Å². The van der Waals surface area contributed by atoms with E-state index in [-0.39, 0.29) is 17.7 Å². The number of carbonyl (C=O) groups is 3. The minimum atomic E-state index is -0.672. The van der Waals surface area contributed by atoms with Gasteiger partial charge in [-0.25, -0.2) is 44.7 Å². The number of aromatic nitrogens is 10. The lowest BCUT2D eigenvalue weighted by Gasteiger charge is -2.34. The summed E-state index contributed by atoms with van der Waals surface area (Å²) < 4.78 is 13.0. The summed E-state index contributed by atoms with van der Waals surface area (Å²) in [7, 11) is 0. The van der Waals surface area contributed by atoms with Crippen LogP contribution < -0.4 is 22.5 Å². The predicted octanol–water partition coefficient (Wildman–Crippen LogP) is 8.38. The van der Waals surface area contributed by atoms with Crippen molar-refractivity contribution in [3.63, 3.8) is 0 Å². The number of ether oxygens (including phenoxy) is 1. The van der Waals surface area contributed by atoms with E-state index in [0.717, 1.165) is 71.7 Å². The Balaban J connectivity index is 0.000000183. The fourth-order valence-electron chi connectivity index (χ4n) is 8.68. The molecule has 2 aliphatic rings. The second-order valence-electron chi connectivity index (χ2n) is 18.9. The number of fused-ring (bicyclic) bond motifs is 4. The maximum absolute atomic E-state index is 13.0. The summed E-state index contributed by atoms with van der Waals surface area (Å²) in [5.74, 6) is 1.22. The predicted molar refractivity (Wildman–Crippen MR) is 288 cm³/mol. The molecule has 26 heteroatoms. The molecule has 0 spiro atoms. The molecule has 73 heavy (non-hydrogen) atoms. The Morgan fingerprint density at radius 2 is 1.15 bits per heavy atom. The summed E-state index contributed by atoms with van der Waals surface area (Å²) in [5, 5.41) is 5.49. The molecule has 0 radical (unpaired) electrons. The first-order chi connectivity index (χ1) is 34.9. The third-order valence-electron chi connectivity index (χ3n) is 12.3. The molecule has 6 aromatic heterocycles. The monoisotopic (exact) mass is 1100 g/mol. The van der Waals surface area contributed by atoms with Gasteiger partial charge in [0.05, 0.1) is 36.5 Å². The molecule has 2 saturated heterocycles. The molecule has 2 fully saturated rings. The number of nitrogen functional groups attached to an aromatic ring is 2. The van der Waals surface area contributed by atoms with Crippen LogP contribution in [0, 0.1) is 11.8 Å². The third kappa shape index (κ3) is 12.0. The molecular weight excluding hydrogens is 1050 g/mol. The molecule has 7 N–H and O–H groups in total. The van der Waals surface area contributed by atoms with Crippen molar-refractivity contribution in [3.8, 4) is 0 Å². The number of anilines is 2. The number of imidazole rings is 2. The Morgan fingerprint density at radius 1 is 0.712 bits per heavy atom. The van der Waals surface area contributed by atoms with E-state index in [4.69, 9.17) is 65.1 Å². The number of carbonyl (C=O) groups excluding carboxylic acids is 3. The van der Waals surface area contributed by atoms with E-state index in [9.17, 15) is 14.4 Å². The van der Waals surface area contributed by atoms with Gasteiger partial charge in [-0.1, -0.05) is 35.3 Å². The van der Waals surface area contributed by atoms with Gasteiger partial charge in [0.1, 0.15) is 24.3 Å². The highest BCUT2D eigenvalue weighted by molar-refractivity contribution is 8.01. The highest BCUT2D eigenvalue weighted by atomic mass is 35.5. The number of rotatable bonds is 11. The van der Waals surface area contributed by atoms with Gasteiger partial charge in [0.15, 0.2) is 53.0 Å². The van der Waals surface area contributed by atoms with Gasteiger partial charge in [0.25, 0.3) is 0 Å². The molecule has 384 valence electrons. The Hall–Kier alpha value is -5.63. The van der Waals surface area contributed by atoms with E-state index in [0.29, 0.717) is 82.7 Å². The molecule has 20 nitrogen and oxygen atoms in total. The molecule has 2 atom stereocenters. The van der Waals surface area contributed by atoms with Crippen LogP contribution in [0.5, 0.6) is 0 Å². The number of benzene rings is 2. The number of hydrogen-bond donors (Lipinski definition) is 4. The highest BCUT2D eigenvalue weighted by Gasteiger charge is 2.31. The summed E-state index contributed by atoms with van der Waals surface area (Å²) in [5.41, 5.74) is 21.6. The van der Waals surface area contributed by atoms with Crippen LogP contribution in [0.25, 0.3) is 42.8 Å². The van der Waals surface area contributed by atoms with Gasteiger partial charge < -0.3 is 46.2 Å². The van der Waals surface area contributed by atoms with Gasteiger partial charge in [-0.2, -0.15) is 0 Å². The third-order valence-corrected chi connectivity index (χ3v) is 17.5. The number of thiazole rings is 2. The second kappa shape index (κ2) is 22.1. The first kappa shape index (κ1) is 52.2. The van der Waals surface area contributed by atoms with Crippen molar-refractivity contribution in [1.82, 2.24) is 64.1 Å². The first-order valence-electron chi connectivity index (χ1n) is 23.6. The number of halogens is 2. The normalized spacial score (nSPS) is 15.7. The number of amides is 3. The molecule has 0 saturated carbocycles. The lowest BCUT2D eigenvalue weighted by molar-refractivity contribution is -0.134. The van der Waals surface area contributed by atoms with Crippen LogP contribution in [-0.2, 0) is 27.4 Å². The topological polar surface area (TPSA) is 270 Å². The van der Waals surface area contributed by atoms with Crippen molar-refractivity contribution in [2.45, 2.75) is 110 Å². The van der Waals surface area contributed by atoms with Crippen LogP contribution in [0.3, 0.4) is 0 Å². The average molecular weight is 1110 g/mol. The fourth-order valence-corrected chi connectivity index (χ4v) is 13.4. The van der Waals surface area contributed by atoms with E-state index >= 15 is 0 Å². The van der Waals surface area contributed by atoms with Crippen molar-refractivity contribution in [2.24, 2.45) is 17.6 Å². The van der Waals surface area contributed by atoms with Gasteiger partial charge in [-0.05, 0) is 120 Å². The molecular formula is C47H54Cl2N16O4S4. The van der Waals surface area contributed by atoms with E-state index in [2.05, 4.69) is 34.4 Å². The number of nitrogens with two attached hydrogens (primary N) is 3. The van der Waals surface area contributed by atoms with E-state index in [1.165, 1.54) is 58.9 Å². The van der Waals surface area contributed by atoms with Crippen LogP contribution in [0.4, 0.5) is 16.4 Å². The average Bonchev–Trinajstić information content (AvgIpc) is 4.14. The molecule has 2 aromatic carbocycles. The standard InChI is InChI=1S/C26H31ClN8O3S2.C21H23ClN8OS2/c1-14(31-24(37)38-26(2,3)4)22(36)34-10-8-15(9-11-34)12-35-21-18(20(28)29-13-30-21)33-23(35)40-25-32-17-7-5-6-16(27)19(17)39-25;1-11(23)19(31)29-7-5-12(6-8-29)9-30-18-15(17(24)25-10-26-18)28-20(30)33-21-27-14-4-2-3-13(22)16(14)32-21/h5-7,13-15H,8-12H2,1-4H3,(H,31,37)(H2,28,29,30);2-4,10-12H,5-9,23H2,1H3,(H2,24,25,26)/t14-;11-/m11/s1. The van der Waals surface area contributed by atoms with Crippen molar-refractivity contribution >= 4 is 142 Å². The van der Waals surface area contributed by atoms with Crippen LogP contribution in [0.2, 0.25) is 10.0 Å². The largest absolute Gasteiger partial charge is 0.444 e. The van der Waals surface area contributed by atoms with E-state index < -0.39 is 23.8 Å². The number of hydrogen-bond acceptors (Lipinski definition) is 19. The van der Waals surface area contributed by atoms with Gasteiger partial charge in [0, 0.05) is 39.3 Å². The molecule has 0 bridgehead atoms. The number of piperidine rings is 2. The highest BCUT2D eigenvalue weighted by Crippen LogP contribution is 2.41. The summed E-state index contributed by atoms with van der Waals surface area (Å²) in [6.07, 6.45) is 5.68. The summed E-state index contributed by atoms with van der Waals surface area (Å²) in [6, 6.07) is 10.2. The zero-order valence-corrected chi connectivity index (χ0v) is 45.4. The molecule has 0 aliphatic carbocycles. The van der Waals surface area contributed by atoms with Gasteiger partial charge in [-0.3, -0.25) is 9.59 Å². The molecule has 2 aliphatic heterocycles. The van der Waals surface area contributed by atoms with Crippen LogP contribution in [0.15, 0.2) is 68.0 Å². The maximum atomic E-state index is 13.0. The number of likely N-dealkylation sites (tertiary alicyclic amines) is 2. The maximum Gasteiger partial charge on any atom is 0.408 e. The Bertz CT molecular complexity index is 3320. The minimum Gasteiger partial charge on any atom is -0.444 e. The summed E-state index contributed by atoms with van der Waals surface area (Å²) in [4.78, 5) is 77.1. The second-order valence-corrected chi connectivity index (χ2v) is 24.1. The van der Waals surface area contributed by atoms with Gasteiger partial charge in [0.2, 0.25) is 11.8 Å². The smallest absolute Gasteiger partial charge is 0.408 e. The molecule has 8 aromatic rings. The Morgan fingerprint density at radius 3 is 1.56 bits per heavy atom.